The van der Waals surface area contributed by atoms with Crippen LogP contribution >= 0.6 is 31.9 Å². The van der Waals surface area contributed by atoms with Crippen molar-refractivity contribution in [3.63, 3.8) is 0 Å². The van der Waals surface area contributed by atoms with Gasteiger partial charge in [0.15, 0.2) is 0 Å². The van der Waals surface area contributed by atoms with E-state index in [0.29, 0.717) is 10.0 Å². The number of carbonyl (C=O) groups excluding carboxylic acids is 1. The Balaban J connectivity index is 2.14. The Hall–Kier alpha value is -1.54. The van der Waals surface area contributed by atoms with E-state index in [4.69, 9.17) is 4.74 Å². The van der Waals surface area contributed by atoms with Gasteiger partial charge in [0.25, 0.3) is 0 Å². The summed E-state index contributed by atoms with van der Waals surface area (Å²) < 4.78 is 33.3. The molecule has 1 aromatic heterocycles. The molecule has 0 unspecified atom stereocenters. The Morgan fingerprint density at radius 2 is 1.77 bits per heavy atom. The highest BCUT2D eigenvalue weighted by molar-refractivity contribution is 9.11. The predicted octanol–water partition coefficient (Wildman–Crippen LogP) is 5.73. The van der Waals surface area contributed by atoms with E-state index in [0.717, 1.165) is 10.5 Å². The summed E-state index contributed by atoms with van der Waals surface area (Å²) in [4.78, 5) is 18.2. The first-order valence-electron chi connectivity index (χ1n) is 7.82. The number of carbonyl (C=O) groups is 1. The van der Waals surface area contributed by atoms with Gasteiger partial charge in [-0.3, -0.25) is 0 Å². The minimum Gasteiger partial charge on any atom is -0.390 e. The number of halogens is 4. The topological polar surface area (TPSA) is 42.4 Å². The van der Waals surface area contributed by atoms with E-state index in [1.165, 1.54) is 23.2 Å². The van der Waals surface area contributed by atoms with Gasteiger partial charge >= 0.3 is 6.09 Å². The van der Waals surface area contributed by atoms with E-state index >= 15 is 0 Å². The summed E-state index contributed by atoms with van der Waals surface area (Å²) in [6.07, 6.45) is 1.21. The SMILES string of the molecule is CC(C)(C)N(CCc1cc(F)cc(F)c1)C(=O)Oc1ncc(Br)cc1Br. The van der Waals surface area contributed by atoms with Crippen LogP contribution in [0.25, 0.3) is 0 Å². The normalized spacial score (nSPS) is 11.3. The van der Waals surface area contributed by atoms with Crippen LogP contribution in [-0.4, -0.2) is 28.1 Å². The Morgan fingerprint density at radius 1 is 1.15 bits per heavy atom. The molecule has 26 heavy (non-hydrogen) atoms. The molecule has 8 heteroatoms. The van der Waals surface area contributed by atoms with Gasteiger partial charge in [-0.1, -0.05) is 0 Å². The molecule has 1 amide bonds. The number of amides is 1. The molecule has 140 valence electrons. The number of benzene rings is 1. The summed E-state index contributed by atoms with van der Waals surface area (Å²) in [7, 11) is 0. The maximum atomic E-state index is 13.3. The molecule has 1 aromatic carbocycles. The first kappa shape index (κ1) is 20.8. The minimum absolute atomic E-state index is 0.143. The lowest BCUT2D eigenvalue weighted by Gasteiger charge is -2.34. The highest BCUT2D eigenvalue weighted by Gasteiger charge is 2.28. The van der Waals surface area contributed by atoms with Crippen molar-refractivity contribution in [1.29, 1.82) is 0 Å². The second-order valence-electron chi connectivity index (χ2n) is 6.66. The first-order chi connectivity index (χ1) is 12.1. The van der Waals surface area contributed by atoms with Gasteiger partial charge in [-0.2, -0.15) is 0 Å². The quantitative estimate of drug-likeness (QED) is 0.548. The Labute approximate surface area is 167 Å². The largest absolute Gasteiger partial charge is 0.417 e. The van der Waals surface area contributed by atoms with Gasteiger partial charge in [0.1, 0.15) is 11.6 Å². The summed E-state index contributed by atoms with van der Waals surface area (Å²) in [6, 6.07) is 5.03. The fraction of sp³-hybridized carbons (Fsp3) is 0.333. The van der Waals surface area contributed by atoms with Crippen molar-refractivity contribution in [2.75, 3.05) is 6.54 Å². The number of ether oxygens (including phenoxy) is 1. The fourth-order valence-electron chi connectivity index (χ4n) is 2.31. The molecule has 2 aromatic rings. The summed E-state index contributed by atoms with van der Waals surface area (Å²) in [5.74, 6) is -1.15. The molecule has 2 rings (SSSR count). The van der Waals surface area contributed by atoms with Crippen LogP contribution in [-0.2, 0) is 6.42 Å². The van der Waals surface area contributed by atoms with Crippen molar-refractivity contribution in [2.24, 2.45) is 0 Å². The zero-order valence-corrected chi connectivity index (χ0v) is 17.7. The number of aromatic nitrogens is 1. The van der Waals surface area contributed by atoms with E-state index < -0.39 is 23.3 Å². The van der Waals surface area contributed by atoms with Gasteiger partial charge in [0.05, 0.1) is 4.47 Å². The zero-order chi connectivity index (χ0) is 19.5. The summed E-state index contributed by atoms with van der Waals surface area (Å²) in [5.41, 5.74) is -0.0855. The molecule has 0 fully saturated rings. The fourth-order valence-corrected chi connectivity index (χ4v) is 3.38. The molecule has 4 nitrogen and oxygen atoms in total. The maximum absolute atomic E-state index is 13.3. The van der Waals surface area contributed by atoms with Crippen LogP contribution in [0.1, 0.15) is 26.3 Å². The van der Waals surface area contributed by atoms with Gasteiger partial charge in [-0.05, 0) is 82.8 Å². The molecule has 1 heterocycles. The van der Waals surface area contributed by atoms with E-state index in [1.807, 2.05) is 20.8 Å². The highest BCUT2D eigenvalue weighted by Crippen LogP contribution is 2.27. The summed E-state index contributed by atoms with van der Waals surface area (Å²) in [5, 5.41) is 0. The van der Waals surface area contributed by atoms with Gasteiger partial charge < -0.3 is 9.64 Å². The number of rotatable bonds is 4. The molecule has 0 atom stereocenters. The molecule has 0 aliphatic carbocycles. The molecular weight excluding hydrogens is 474 g/mol. The third-order valence-electron chi connectivity index (χ3n) is 3.53. The van der Waals surface area contributed by atoms with E-state index in [1.54, 1.807) is 6.07 Å². The van der Waals surface area contributed by atoms with Crippen molar-refractivity contribution in [2.45, 2.75) is 32.7 Å². The standard InChI is InChI=1S/C18H18Br2F2N2O2/c1-18(2,3)24(5-4-11-6-13(21)9-14(22)7-11)17(25)26-16-15(20)8-12(19)10-23-16/h6-10H,4-5H2,1-3H3. The van der Waals surface area contributed by atoms with Crippen LogP contribution < -0.4 is 4.74 Å². The van der Waals surface area contributed by atoms with E-state index in [9.17, 15) is 13.6 Å². The first-order valence-corrected chi connectivity index (χ1v) is 9.40. The minimum atomic E-state index is -0.645. The molecule has 0 aliphatic heterocycles. The van der Waals surface area contributed by atoms with Crippen molar-refractivity contribution >= 4 is 38.0 Å². The molecule has 0 bridgehead atoms. The molecule has 0 saturated carbocycles. The van der Waals surface area contributed by atoms with Crippen LogP contribution in [0.5, 0.6) is 5.88 Å². The van der Waals surface area contributed by atoms with Crippen LogP contribution in [0.2, 0.25) is 0 Å². The zero-order valence-electron chi connectivity index (χ0n) is 14.5. The molecule has 0 saturated heterocycles. The molecule has 0 aliphatic rings. The number of nitrogens with zero attached hydrogens (tertiary/aromatic N) is 2. The lowest BCUT2D eigenvalue weighted by molar-refractivity contribution is 0.106. The number of pyridine rings is 1. The van der Waals surface area contributed by atoms with Gasteiger partial charge in [-0.15, -0.1) is 0 Å². The second-order valence-corrected chi connectivity index (χ2v) is 8.43. The smallest absolute Gasteiger partial charge is 0.390 e. The maximum Gasteiger partial charge on any atom is 0.417 e. The average molecular weight is 492 g/mol. The third kappa shape index (κ3) is 5.74. The van der Waals surface area contributed by atoms with Crippen LogP contribution in [0, 0.1) is 11.6 Å². The lowest BCUT2D eigenvalue weighted by atomic mass is 10.0. The van der Waals surface area contributed by atoms with E-state index in [2.05, 4.69) is 36.8 Å². The van der Waals surface area contributed by atoms with Gasteiger partial charge in [0, 0.05) is 28.8 Å². The van der Waals surface area contributed by atoms with Crippen molar-refractivity contribution in [3.05, 3.63) is 56.6 Å². The van der Waals surface area contributed by atoms with Crippen molar-refractivity contribution in [1.82, 2.24) is 9.88 Å². The van der Waals surface area contributed by atoms with Crippen LogP contribution in [0.4, 0.5) is 13.6 Å². The Morgan fingerprint density at radius 3 is 2.31 bits per heavy atom. The molecule has 0 N–H and O–H groups in total. The van der Waals surface area contributed by atoms with E-state index in [-0.39, 0.29) is 18.8 Å². The summed E-state index contributed by atoms with van der Waals surface area (Å²) >= 11 is 6.58. The number of hydrogen-bond donors (Lipinski definition) is 0. The third-order valence-corrected chi connectivity index (χ3v) is 4.54. The van der Waals surface area contributed by atoms with Gasteiger partial charge in [0.2, 0.25) is 5.88 Å². The monoisotopic (exact) mass is 490 g/mol. The Bertz CT molecular complexity index is 790. The number of hydrogen-bond acceptors (Lipinski definition) is 3. The average Bonchev–Trinajstić information content (AvgIpc) is 2.48. The molecule has 0 spiro atoms. The molecule has 0 radical (unpaired) electrons. The predicted molar refractivity (Wildman–Crippen MR) is 102 cm³/mol. The van der Waals surface area contributed by atoms with Crippen molar-refractivity contribution < 1.29 is 18.3 Å². The Kier molecular flexibility index (Phi) is 6.74. The second kappa shape index (κ2) is 8.43. The highest BCUT2D eigenvalue weighted by atomic mass is 79.9. The van der Waals surface area contributed by atoms with Crippen LogP contribution in [0.15, 0.2) is 39.4 Å². The van der Waals surface area contributed by atoms with Crippen LogP contribution in [0.3, 0.4) is 0 Å². The van der Waals surface area contributed by atoms with Gasteiger partial charge in [-0.25, -0.2) is 18.6 Å². The lowest BCUT2D eigenvalue weighted by Crippen LogP contribution is -2.48. The summed E-state index contributed by atoms with van der Waals surface area (Å²) in [6.45, 7) is 5.79. The molecular formula is C18H18Br2F2N2O2. The van der Waals surface area contributed by atoms with Crippen molar-refractivity contribution in [3.8, 4) is 5.88 Å².